The maximum atomic E-state index is 12.3. The first-order valence-corrected chi connectivity index (χ1v) is 6.72. The normalized spacial score (nSPS) is 24.9. The standard InChI is InChI=1S/C15H21NO3/c1-11-9-16(10-12(2)18-11)15(17)13(3)19-14-7-5-4-6-8-14/h4-8,11-13H,9-10H2,1-3H3/t11-,12-,13-/m0/s1. The van der Waals surface area contributed by atoms with Crippen LogP contribution in [0.4, 0.5) is 0 Å². The highest BCUT2D eigenvalue weighted by molar-refractivity contribution is 5.81. The number of rotatable bonds is 3. The number of benzene rings is 1. The Hall–Kier alpha value is -1.55. The molecule has 1 amide bonds. The number of nitrogens with zero attached hydrogens (tertiary/aromatic N) is 1. The minimum absolute atomic E-state index is 0.0193. The fraction of sp³-hybridized carbons (Fsp3) is 0.533. The molecule has 1 aliphatic heterocycles. The first kappa shape index (κ1) is 13.9. The third kappa shape index (κ3) is 3.70. The zero-order valence-electron chi connectivity index (χ0n) is 11.7. The highest BCUT2D eigenvalue weighted by Gasteiger charge is 2.29. The minimum Gasteiger partial charge on any atom is -0.481 e. The van der Waals surface area contributed by atoms with E-state index >= 15 is 0 Å². The summed E-state index contributed by atoms with van der Waals surface area (Å²) in [6.45, 7) is 7.02. The van der Waals surface area contributed by atoms with Crippen LogP contribution in [-0.2, 0) is 9.53 Å². The fourth-order valence-electron chi connectivity index (χ4n) is 2.37. The Morgan fingerprint density at radius 3 is 2.42 bits per heavy atom. The molecular formula is C15H21NO3. The maximum Gasteiger partial charge on any atom is 0.263 e. The van der Waals surface area contributed by atoms with Crippen LogP contribution < -0.4 is 4.74 Å². The van der Waals surface area contributed by atoms with Crippen molar-refractivity contribution in [3.8, 4) is 5.75 Å². The molecule has 1 saturated heterocycles. The van der Waals surface area contributed by atoms with E-state index in [-0.39, 0.29) is 18.1 Å². The van der Waals surface area contributed by atoms with Gasteiger partial charge in [0, 0.05) is 13.1 Å². The Balaban J connectivity index is 1.95. The lowest BCUT2D eigenvalue weighted by molar-refractivity contribution is -0.149. The molecule has 0 N–H and O–H groups in total. The van der Waals surface area contributed by atoms with Crippen LogP contribution in [0.15, 0.2) is 30.3 Å². The third-order valence-corrected chi connectivity index (χ3v) is 3.14. The Morgan fingerprint density at radius 1 is 1.26 bits per heavy atom. The minimum atomic E-state index is -0.472. The summed E-state index contributed by atoms with van der Waals surface area (Å²) in [6.07, 6.45) is -0.312. The molecule has 104 valence electrons. The first-order chi connectivity index (χ1) is 9.06. The zero-order chi connectivity index (χ0) is 13.8. The predicted octanol–water partition coefficient (Wildman–Crippen LogP) is 2.09. The monoisotopic (exact) mass is 263 g/mol. The smallest absolute Gasteiger partial charge is 0.263 e. The van der Waals surface area contributed by atoms with E-state index in [1.54, 1.807) is 6.92 Å². The molecule has 2 rings (SSSR count). The van der Waals surface area contributed by atoms with E-state index in [1.807, 2.05) is 49.1 Å². The number of amides is 1. The molecule has 0 radical (unpaired) electrons. The van der Waals surface area contributed by atoms with E-state index in [9.17, 15) is 4.79 Å². The summed E-state index contributed by atoms with van der Waals surface area (Å²) in [5, 5.41) is 0. The number of ether oxygens (including phenoxy) is 2. The van der Waals surface area contributed by atoms with Crippen LogP contribution in [0.1, 0.15) is 20.8 Å². The molecule has 19 heavy (non-hydrogen) atoms. The second-order valence-electron chi connectivity index (χ2n) is 5.07. The van der Waals surface area contributed by atoms with Crippen molar-refractivity contribution in [2.45, 2.75) is 39.1 Å². The van der Waals surface area contributed by atoms with Gasteiger partial charge < -0.3 is 14.4 Å². The number of morpholine rings is 1. The number of carbonyl (C=O) groups is 1. The average Bonchev–Trinajstić information content (AvgIpc) is 2.37. The van der Waals surface area contributed by atoms with Crippen molar-refractivity contribution < 1.29 is 14.3 Å². The Bertz CT molecular complexity index is 411. The van der Waals surface area contributed by atoms with Crippen LogP contribution in [0.2, 0.25) is 0 Å². The quantitative estimate of drug-likeness (QED) is 0.838. The van der Waals surface area contributed by atoms with Crippen molar-refractivity contribution in [2.24, 2.45) is 0 Å². The molecule has 0 aromatic heterocycles. The van der Waals surface area contributed by atoms with Gasteiger partial charge in [0.25, 0.3) is 5.91 Å². The summed E-state index contributed by atoms with van der Waals surface area (Å²) in [4.78, 5) is 14.2. The number of hydrogen-bond acceptors (Lipinski definition) is 3. The average molecular weight is 263 g/mol. The molecule has 0 unspecified atom stereocenters. The Kier molecular flexibility index (Phi) is 4.43. The predicted molar refractivity (Wildman–Crippen MR) is 73.1 cm³/mol. The second-order valence-corrected chi connectivity index (χ2v) is 5.07. The third-order valence-electron chi connectivity index (χ3n) is 3.14. The fourth-order valence-corrected chi connectivity index (χ4v) is 2.37. The van der Waals surface area contributed by atoms with Crippen molar-refractivity contribution in [2.75, 3.05) is 13.1 Å². The Morgan fingerprint density at radius 2 is 1.84 bits per heavy atom. The number of carbonyl (C=O) groups excluding carboxylic acids is 1. The van der Waals surface area contributed by atoms with E-state index in [0.29, 0.717) is 13.1 Å². The van der Waals surface area contributed by atoms with Gasteiger partial charge in [-0.2, -0.15) is 0 Å². The van der Waals surface area contributed by atoms with Crippen molar-refractivity contribution in [1.82, 2.24) is 4.90 Å². The van der Waals surface area contributed by atoms with Gasteiger partial charge in [-0.1, -0.05) is 18.2 Å². The molecule has 0 bridgehead atoms. The lowest BCUT2D eigenvalue weighted by Crippen LogP contribution is -2.51. The van der Waals surface area contributed by atoms with Gasteiger partial charge in [0.05, 0.1) is 12.2 Å². The summed E-state index contributed by atoms with van der Waals surface area (Å²) in [6, 6.07) is 9.42. The van der Waals surface area contributed by atoms with Gasteiger partial charge in [0.15, 0.2) is 6.10 Å². The van der Waals surface area contributed by atoms with Gasteiger partial charge in [-0.3, -0.25) is 4.79 Å². The van der Waals surface area contributed by atoms with Gasteiger partial charge in [0.1, 0.15) is 5.75 Å². The van der Waals surface area contributed by atoms with Crippen molar-refractivity contribution in [1.29, 1.82) is 0 Å². The summed E-state index contributed by atoms with van der Waals surface area (Å²) in [7, 11) is 0. The van der Waals surface area contributed by atoms with Gasteiger partial charge in [-0.15, -0.1) is 0 Å². The van der Waals surface area contributed by atoms with Gasteiger partial charge in [-0.05, 0) is 32.9 Å². The highest BCUT2D eigenvalue weighted by Crippen LogP contribution is 2.15. The summed E-state index contributed by atoms with van der Waals surface area (Å²) < 4.78 is 11.3. The van der Waals surface area contributed by atoms with Gasteiger partial charge >= 0.3 is 0 Å². The lowest BCUT2D eigenvalue weighted by atomic mass is 10.2. The molecule has 1 fully saturated rings. The molecule has 4 nitrogen and oxygen atoms in total. The lowest BCUT2D eigenvalue weighted by Gasteiger charge is -2.36. The van der Waals surface area contributed by atoms with Crippen LogP contribution in [-0.4, -0.2) is 42.2 Å². The van der Waals surface area contributed by atoms with Crippen molar-refractivity contribution in [3.63, 3.8) is 0 Å². The van der Waals surface area contributed by atoms with E-state index in [2.05, 4.69) is 0 Å². The van der Waals surface area contributed by atoms with Crippen LogP contribution in [0.3, 0.4) is 0 Å². The first-order valence-electron chi connectivity index (χ1n) is 6.72. The number of hydrogen-bond donors (Lipinski definition) is 0. The van der Waals surface area contributed by atoms with Crippen molar-refractivity contribution >= 4 is 5.91 Å². The van der Waals surface area contributed by atoms with E-state index in [1.165, 1.54) is 0 Å². The van der Waals surface area contributed by atoms with E-state index in [4.69, 9.17) is 9.47 Å². The zero-order valence-corrected chi connectivity index (χ0v) is 11.7. The van der Waals surface area contributed by atoms with E-state index < -0.39 is 6.10 Å². The number of para-hydroxylation sites is 1. The topological polar surface area (TPSA) is 38.8 Å². The van der Waals surface area contributed by atoms with Crippen LogP contribution in [0.25, 0.3) is 0 Å². The van der Waals surface area contributed by atoms with Crippen molar-refractivity contribution in [3.05, 3.63) is 30.3 Å². The molecule has 1 aromatic carbocycles. The molecule has 3 atom stereocenters. The molecule has 0 spiro atoms. The van der Waals surface area contributed by atoms with Crippen LogP contribution in [0, 0.1) is 0 Å². The molecule has 0 saturated carbocycles. The van der Waals surface area contributed by atoms with Crippen LogP contribution in [0.5, 0.6) is 5.75 Å². The highest BCUT2D eigenvalue weighted by atomic mass is 16.5. The molecule has 1 aliphatic rings. The van der Waals surface area contributed by atoms with Gasteiger partial charge in [-0.25, -0.2) is 0 Å². The summed E-state index contributed by atoms with van der Waals surface area (Å²) in [5.41, 5.74) is 0. The molecule has 1 aromatic rings. The molecule has 4 heteroatoms. The van der Waals surface area contributed by atoms with Gasteiger partial charge in [0.2, 0.25) is 0 Å². The molecule has 0 aliphatic carbocycles. The summed E-state index contributed by atoms with van der Waals surface area (Å²) >= 11 is 0. The maximum absolute atomic E-state index is 12.3. The SMILES string of the molecule is C[C@H](Oc1ccccc1)C(=O)N1C[C@H](C)O[C@@H](C)C1. The summed E-state index contributed by atoms with van der Waals surface area (Å²) in [5.74, 6) is 0.739. The Labute approximate surface area is 114 Å². The second kappa shape index (κ2) is 6.06. The van der Waals surface area contributed by atoms with E-state index in [0.717, 1.165) is 5.75 Å². The van der Waals surface area contributed by atoms with Crippen LogP contribution >= 0.6 is 0 Å². The molecular weight excluding hydrogens is 242 g/mol. The molecule has 1 heterocycles. The largest absolute Gasteiger partial charge is 0.481 e.